The van der Waals surface area contributed by atoms with Crippen LogP contribution in [0.5, 0.6) is 0 Å². The van der Waals surface area contributed by atoms with Crippen molar-refractivity contribution in [3.63, 3.8) is 0 Å². The molecular weight excluding hydrogens is 358 g/mol. The molecule has 1 atom stereocenters. The van der Waals surface area contributed by atoms with Gasteiger partial charge in [-0.15, -0.1) is 0 Å². The van der Waals surface area contributed by atoms with Crippen molar-refractivity contribution in [1.82, 2.24) is 4.90 Å². The third kappa shape index (κ3) is 3.58. The fourth-order valence-electron chi connectivity index (χ4n) is 3.04. The van der Waals surface area contributed by atoms with E-state index < -0.39 is 15.1 Å². The van der Waals surface area contributed by atoms with Gasteiger partial charge in [0.2, 0.25) is 0 Å². The molecule has 0 aliphatic carbocycles. The van der Waals surface area contributed by atoms with Crippen LogP contribution in [-0.2, 0) is 9.84 Å². The van der Waals surface area contributed by atoms with Crippen molar-refractivity contribution in [2.24, 2.45) is 0 Å². The quantitative estimate of drug-likeness (QED) is 0.820. The van der Waals surface area contributed by atoms with Crippen LogP contribution in [0.25, 0.3) is 0 Å². The Bertz CT molecular complexity index is 907. The first-order chi connectivity index (χ1) is 11.8. The van der Waals surface area contributed by atoms with Crippen LogP contribution in [0.4, 0.5) is 0 Å². The normalized spacial score (nSPS) is 17.7. The first-order valence-electron chi connectivity index (χ1n) is 8.15. The average Bonchev–Trinajstić information content (AvgIpc) is 3.08. The number of amides is 1. The van der Waals surface area contributed by atoms with Gasteiger partial charge in [0, 0.05) is 23.7 Å². The zero-order valence-electron chi connectivity index (χ0n) is 14.2. The maximum Gasteiger partial charge on any atom is 0.253 e. The van der Waals surface area contributed by atoms with E-state index in [-0.39, 0.29) is 17.3 Å². The molecule has 132 valence electrons. The highest BCUT2D eigenvalue weighted by Gasteiger charge is 2.36. The Morgan fingerprint density at radius 1 is 1.08 bits per heavy atom. The Morgan fingerprint density at radius 3 is 2.40 bits per heavy atom. The van der Waals surface area contributed by atoms with E-state index in [2.05, 4.69) is 0 Å². The Labute approximate surface area is 153 Å². The van der Waals surface area contributed by atoms with E-state index >= 15 is 0 Å². The lowest BCUT2D eigenvalue weighted by Crippen LogP contribution is -2.32. The van der Waals surface area contributed by atoms with Crippen molar-refractivity contribution in [3.8, 4) is 0 Å². The number of benzene rings is 2. The summed E-state index contributed by atoms with van der Waals surface area (Å²) in [4.78, 5) is 14.6. The summed E-state index contributed by atoms with van der Waals surface area (Å²) in [6.45, 7) is 4.62. The molecule has 6 heteroatoms. The molecule has 0 radical (unpaired) electrons. The first-order valence-corrected chi connectivity index (χ1v) is 10.1. The molecule has 1 fully saturated rings. The third-order valence-corrected chi connectivity index (χ3v) is 7.21. The smallest absolute Gasteiger partial charge is 0.253 e. The van der Waals surface area contributed by atoms with Gasteiger partial charge in [-0.3, -0.25) is 4.79 Å². The van der Waals surface area contributed by atoms with Crippen LogP contribution in [0, 0.1) is 13.8 Å². The molecule has 1 amide bonds. The monoisotopic (exact) mass is 377 g/mol. The number of sulfone groups is 1. The molecule has 2 aromatic carbocycles. The second-order valence-electron chi connectivity index (χ2n) is 6.46. The molecule has 0 saturated carbocycles. The summed E-state index contributed by atoms with van der Waals surface area (Å²) < 4.78 is 25.5. The Kier molecular flexibility index (Phi) is 4.89. The van der Waals surface area contributed by atoms with Gasteiger partial charge in [-0.25, -0.2) is 8.42 Å². The Hall–Kier alpha value is -1.85. The van der Waals surface area contributed by atoms with E-state index in [1.54, 1.807) is 23.1 Å². The third-order valence-electron chi connectivity index (χ3n) is 4.77. The van der Waals surface area contributed by atoms with Crippen LogP contribution < -0.4 is 0 Å². The molecule has 3 rings (SSSR count). The molecule has 1 unspecified atom stereocenters. The molecule has 2 aromatic rings. The summed E-state index contributed by atoms with van der Waals surface area (Å²) >= 11 is 5.83. The number of aryl methyl sites for hydroxylation is 2. The maximum absolute atomic E-state index is 12.8. The molecule has 0 N–H and O–H groups in total. The van der Waals surface area contributed by atoms with Crippen LogP contribution in [0.3, 0.4) is 0 Å². The van der Waals surface area contributed by atoms with Crippen molar-refractivity contribution >= 4 is 27.3 Å². The predicted molar refractivity (Wildman–Crippen MR) is 98.9 cm³/mol. The van der Waals surface area contributed by atoms with E-state index in [0.29, 0.717) is 23.6 Å². The zero-order chi connectivity index (χ0) is 18.2. The van der Waals surface area contributed by atoms with E-state index in [0.717, 1.165) is 11.1 Å². The molecule has 25 heavy (non-hydrogen) atoms. The highest BCUT2D eigenvalue weighted by atomic mass is 35.5. The fourth-order valence-corrected chi connectivity index (χ4v) is 4.86. The van der Waals surface area contributed by atoms with Crippen molar-refractivity contribution < 1.29 is 13.2 Å². The lowest BCUT2D eigenvalue weighted by atomic mass is 10.1. The fraction of sp³-hybridized carbons (Fsp3) is 0.316. The maximum atomic E-state index is 12.8. The van der Waals surface area contributed by atoms with Crippen LogP contribution in [-0.4, -0.2) is 37.6 Å². The molecule has 1 aliphatic heterocycles. The molecular formula is C19H20ClNO3S. The van der Waals surface area contributed by atoms with Gasteiger partial charge >= 0.3 is 0 Å². The van der Waals surface area contributed by atoms with E-state index in [9.17, 15) is 13.2 Å². The molecule has 1 aliphatic rings. The van der Waals surface area contributed by atoms with Gasteiger partial charge in [0.25, 0.3) is 5.91 Å². The number of halogens is 1. The minimum atomic E-state index is -3.47. The van der Waals surface area contributed by atoms with Crippen molar-refractivity contribution in [3.05, 3.63) is 64.2 Å². The zero-order valence-corrected chi connectivity index (χ0v) is 15.8. The second kappa shape index (κ2) is 6.81. The van der Waals surface area contributed by atoms with Gasteiger partial charge in [0.05, 0.1) is 10.1 Å². The molecule has 0 bridgehead atoms. The summed E-state index contributed by atoms with van der Waals surface area (Å²) in [6, 6.07) is 11.8. The summed E-state index contributed by atoms with van der Waals surface area (Å²) in [5.41, 5.74) is 2.78. The summed E-state index contributed by atoms with van der Waals surface area (Å²) in [5, 5.41) is -0.0823. The molecule has 0 spiro atoms. The standard InChI is InChI=1S/C19H20ClNO3S/c1-13-3-4-15(11-14(13)2)19(22)21-10-9-18(12-21)25(23,24)17-7-5-16(20)6-8-17/h3-8,11,18H,9-10,12H2,1-2H3. The van der Waals surface area contributed by atoms with E-state index in [1.807, 2.05) is 26.0 Å². The number of rotatable bonds is 3. The van der Waals surface area contributed by atoms with Crippen molar-refractivity contribution in [2.75, 3.05) is 13.1 Å². The lowest BCUT2D eigenvalue weighted by molar-refractivity contribution is 0.0793. The number of likely N-dealkylation sites (tertiary alicyclic amines) is 1. The van der Waals surface area contributed by atoms with E-state index in [4.69, 9.17) is 11.6 Å². The lowest BCUT2D eigenvalue weighted by Gasteiger charge is -2.17. The number of carbonyl (C=O) groups excluding carboxylic acids is 1. The summed E-state index contributed by atoms with van der Waals surface area (Å²) in [5.74, 6) is -0.114. The van der Waals surface area contributed by atoms with E-state index in [1.165, 1.54) is 12.1 Å². The highest BCUT2D eigenvalue weighted by molar-refractivity contribution is 7.92. The molecule has 1 saturated heterocycles. The van der Waals surface area contributed by atoms with Crippen LogP contribution >= 0.6 is 11.6 Å². The number of carbonyl (C=O) groups is 1. The summed E-state index contributed by atoms with van der Waals surface area (Å²) in [6.07, 6.45) is 0.446. The first kappa shape index (κ1) is 18.0. The molecule has 1 heterocycles. The van der Waals surface area contributed by atoms with Gasteiger partial charge < -0.3 is 4.90 Å². The SMILES string of the molecule is Cc1ccc(C(=O)N2CCC(S(=O)(=O)c3ccc(Cl)cc3)C2)cc1C. The van der Waals surface area contributed by atoms with Crippen LogP contribution in [0.1, 0.15) is 27.9 Å². The van der Waals surface area contributed by atoms with Gasteiger partial charge in [-0.2, -0.15) is 0 Å². The largest absolute Gasteiger partial charge is 0.337 e. The second-order valence-corrected chi connectivity index (χ2v) is 9.12. The minimum Gasteiger partial charge on any atom is -0.337 e. The van der Waals surface area contributed by atoms with Crippen LogP contribution in [0.2, 0.25) is 5.02 Å². The van der Waals surface area contributed by atoms with Gasteiger partial charge in [-0.1, -0.05) is 17.7 Å². The van der Waals surface area contributed by atoms with Gasteiger partial charge in [0.15, 0.2) is 9.84 Å². The number of hydrogen-bond donors (Lipinski definition) is 0. The Balaban J connectivity index is 1.77. The number of hydrogen-bond acceptors (Lipinski definition) is 3. The highest BCUT2D eigenvalue weighted by Crippen LogP contribution is 2.26. The topological polar surface area (TPSA) is 54.5 Å². The Morgan fingerprint density at radius 2 is 1.76 bits per heavy atom. The molecule has 0 aromatic heterocycles. The van der Waals surface area contributed by atoms with Crippen LogP contribution in [0.15, 0.2) is 47.4 Å². The minimum absolute atomic E-state index is 0.114. The van der Waals surface area contributed by atoms with Gasteiger partial charge in [0.1, 0.15) is 0 Å². The predicted octanol–water partition coefficient (Wildman–Crippen LogP) is 3.65. The van der Waals surface area contributed by atoms with Crippen molar-refractivity contribution in [2.45, 2.75) is 30.4 Å². The number of nitrogens with zero attached hydrogens (tertiary/aromatic N) is 1. The summed E-state index contributed by atoms with van der Waals surface area (Å²) in [7, 11) is -3.47. The van der Waals surface area contributed by atoms with Crippen molar-refractivity contribution in [1.29, 1.82) is 0 Å². The molecule has 4 nitrogen and oxygen atoms in total. The average molecular weight is 378 g/mol. The van der Waals surface area contributed by atoms with Gasteiger partial charge in [-0.05, 0) is 67.8 Å².